The smallest absolute Gasteiger partial charge is 0.119 e. The second-order valence-electron chi connectivity index (χ2n) is 5.97. The minimum absolute atomic E-state index is 0.501. The molecule has 1 aromatic rings. The number of hydrogen-bond acceptors (Lipinski definition) is 3. The number of likely N-dealkylation sites (tertiary alicyclic amines) is 1. The second-order valence-corrected chi connectivity index (χ2v) is 5.97. The highest BCUT2D eigenvalue weighted by Gasteiger charge is 2.23. The molecule has 0 radical (unpaired) electrons. The van der Waals surface area contributed by atoms with Gasteiger partial charge in [-0.2, -0.15) is 0 Å². The quantitative estimate of drug-likeness (QED) is 0.832. The van der Waals surface area contributed by atoms with Crippen LogP contribution in [0.15, 0.2) is 24.3 Å². The zero-order valence-corrected chi connectivity index (χ0v) is 13.8. The maximum absolute atomic E-state index is 5.52. The van der Waals surface area contributed by atoms with Crippen molar-refractivity contribution in [1.82, 2.24) is 10.2 Å². The number of piperidine rings is 1. The molecule has 0 aliphatic carbocycles. The van der Waals surface area contributed by atoms with Crippen LogP contribution in [-0.2, 0) is 0 Å². The Morgan fingerprint density at radius 2 is 1.86 bits per heavy atom. The highest BCUT2D eigenvalue weighted by molar-refractivity contribution is 5.29. The summed E-state index contributed by atoms with van der Waals surface area (Å²) in [6.45, 7) is 11.9. The lowest BCUT2D eigenvalue weighted by molar-refractivity contribution is 0.140. The molecule has 1 aliphatic rings. The number of nitrogens with one attached hydrogen (secondary N) is 1. The molecule has 1 aromatic carbocycles. The van der Waals surface area contributed by atoms with Crippen molar-refractivity contribution >= 4 is 0 Å². The van der Waals surface area contributed by atoms with E-state index in [0.717, 1.165) is 24.8 Å². The summed E-state index contributed by atoms with van der Waals surface area (Å²) in [6, 6.07) is 9.10. The number of nitrogens with zero attached hydrogens (tertiary/aromatic N) is 1. The predicted molar refractivity (Wildman–Crippen MR) is 88.9 cm³/mol. The standard InChI is InChI=1S/C18H30N2O/c1-4-19-14-16-10-12-20(13-11-16)15(3)17-6-8-18(9-7-17)21-5-2/h6-9,15-16,19H,4-5,10-14H2,1-3H3. The van der Waals surface area contributed by atoms with Gasteiger partial charge in [0.1, 0.15) is 5.75 Å². The van der Waals surface area contributed by atoms with Gasteiger partial charge in [-0.15, -0.1) is 0 Å². The van der Waals surface area contributed by atoms with Gasteiger partial charge in [-0.3, -0.25) is 4.90 Å². The van der Waals surface area contributed by atoms with Crippen molar-refractivity contribution in [2.75, 3.05) is 32.8 Å². The maximum atomic E-state index is 5.52. The van der Waals surface area contributed by atoms with E-state index in [1.165, 1.54) is 38.0 Å². The average molecular weight is 290 g/mol. The minimum atomic E-state index is 0.501. The Hall–Kier alpha value is -1.06. The van der Waals surface area contributed by atoms with Gasteiger partial charge in [0.05, 0.1) is 6.61 Å². The maximum Gasteiger partial charge on any atom is 0.119 e. The lowest BCUT2D eigenvalue weighted by Gasteiger charge is -2.36. The fraction of sp³-hybridized carbons (Fsp3) is 0.667. The van der Waals surface area contributed by atoms with Crippen LogP contribution in [0.3, 0.4) is 0 Å². The zero-order valence-electron chi connectivity index (χ0n) is 13.8. The Labute approximate surface area is 129 Å². The molecule has 2 rings (SSSR count). The lowest BCUT2D eigenvalue weighted by atomic mass is 9.94. The molecule has 21 heavy (non-hydrogen) atoms. The molecule has 1 atom stereocenters. The molecule has 0 bridgehead atoms. The Kier molecular flexibility index (Phi) is 6.52. The molecular weight excluding hydrogens is 260 g/mol. The summed E-state index contributed by atoms with van der Waals surface area (Å²) in [6.07, 6.45) is 2.63. The van der Waals surface area contributed by atoms with E-state index in [2.05, 4.69) is 48.3 Å². The molecule has 0 amide bonds. The van der Waals surface area contributed by atoms with Crippen LogP contribution in [0.25, 0.3) is 0 Å². The van der Waals surface area contributed by atoms with Gasteiger partial charge in [-0.1, -0.05) is 19.1 Å². The number of hydrogen-bond donors (Lipinski definition) is 1. The van der Waals surface area contributed by atoms with Crippen LogP contribution in [0.5, 0.6) is 5.75 Å². The van der Waals surface area contributed by atoms with Gasteiger partial charge < -0.3 is 10.1 Å². The fourth-order valence-corrected chi connectivity index (χ4v) is 3.11. The Balaban J connectivity index is 1.84. The molecule has 118 valence electrons. The van der Waals surface area contributed by atoms with Crippen molar-refractivity contribution in [3.05, 3.63) is 29.8 Å². The van der Waals surface area contributed by atoms with Crippen LogP contribution < -0.4 is 10.1 Å². The summed E-state index contributed by atoms with van der Waals surface area (Å²) in [5, 5.41) is 3.48. The highest BCUT2D eigenvalue weighted by Crippen LogP contribution is 2.27. The summed E-state index contributed by atoms with van der Waals surface area (Å²) < 4.78 is 5.52. The van der Waals surface area contributed by atoms with Crippen molar-refractivity contribution in [3.63, 3.8) is 0 Å². The molecule has 3 nitrogen and oxygen atoms in total. The molecule has 1 saturated heterocycles. The summed E-state index contributed by atoms with van der Waals surface area (Å²) in [4.78, 5) is 2.61. The Morgan fingerprint density at radius 1 is 1.19 bits per heavy atom. The van der Waals surface area contributed by atoms with Gasteiger partial charge in [0.15, 0.2) is 0 Å². The van der Waals surface area contributed by atoms with Crippen LogP contribution in [0.1, 0.15) is 45.2 Å². The molecule has 3 heteroatoms. The van der Waals surface area contributed by atoms with Gasteiger partial charge in [-0.05, 0) is 76.5 Å². The average Bonchev–Trinajstić information content (AvgIpc) is 2.54. The third-order valence-electron chi connectivity index (χ3n) is 4.55. The van der Waals surface area contributed by atoms with Crippen LogP contribution in [0, 0.1) is 5.92 Å². The molecular formula is C18H30N2O. The number of rotatable bonds is 7. The molecule has 1 aliphatic heterocycles. The van der Waals surface area contributed by atoms with E-state index in [1.54, 1.807) is 0 Å². The molecule has 0 saturated carbocycles. The molecule has 0 aromatic heterocycles. The predicted octanol–water partition coefficient (Wildman–Crippen LogP) is 3.47. The fourth-order valence-electron chi connectivity index (χ4n) is 3.11. The molecule has 1 fully saturated rings. The van der Waals surface area contributed by atoms with Crippen molar-refractivity contribution in [1.29, 1.82) is 0 Å². The van der Waals surface area contributed by atoms with Crippen molar-refractivity contribution in [2.24, 2.45) is 5.92 Å². The normalized spacial score (nSPS) is 18.6. The Bertz CT molecular complexity index is 396. The SMILES string of the molecule is CCNCC1CCN(C(C)c2ccc(OCC)cc2)CC1. The summed E-state index contributed by atoms with van der Waals surface area (Å²) in [7, 11) is 0. The van der Waals surface area contributed by atoms with Crippen LogP contribution in [-0.4, -0.2) is 37.7 Å². The summed E-state index contributed by atoms with van der Waals surface area (Å²) >= 11 is 0. The monoisotopic (exact) mass is 290 g/mol. The van der Waals surface area contributed by atoms with Gasteiger partial charge in [-0.25, -0.2) is 0 Å². The van der Waals surface area contributed by atoms with Crippen molar-refractivity contribution in [2.45, 2.75) is 39.7 Å². The highest BCUT2D eigenvalue weighted by atomic mass is 16.5. The third kappa shape index (κ3) is 4.72. The summed E-state index contributed by atoms with van der Waals surface area (Å²) in [5.74, 6) is 1.83. The largest absolute Gasteiger partial charge is 0.494 e. The van der Waals surface area contributed by atoms with E-state index in [1.807, 2.05) is 6.92 Å². The van der Waals surface area contributed by atoms with E-state index < -0.39 is 0 Å². The van der Waals surface area contributed by atoms with Crippen LogP contribution in [0.2, 0.25) is 0 Å². The van der Waals surface area contributed by atoms with Gasteiger partial charge in [0.2, 0.25) is 0 Å². The first kappa shape index (κ1) is 16.3. The van der Waals surface area contributed by atoms with E-state index in [4.69, 9.17) is 4.74 Å². The van der Waals surface area contributed by atoms with Crippen LogP contribution in [0.4, 0.5) is 0 Å². The van der Waals surface area contributed by atoms with Crippen molar-refractivity contribution < 1.29 is 4.74 Å². The number of benzene rings is 1. The minimum Gasteiger partial charge on any atom is -0.494 e. The molecule has 0 spiro atoms. The van der Waals surface area contributed by atoms with E-state index in [0.29, 0.717) is 6.04 Å². The Morgan fingerprint density at radius 3 is 2.43 bits per heavy atom. The van der Waals surface area contributed by atoms with Gasteiger partial charge in [0, 0.05) is 6.04 Å². The van der Waals surface area contributed by atoms with Crippen LogP contribution >= 0.6 is 0 Å². The molecule has 1 N–H and O–H groups in total. The first-order chi connectivity index (χ1) is 10.2. The first-order valence-electron chi connectivity index (χ1n) is 8.42. The second kappa shape index (κ2) is 8.40. The summed E-state index contributed by atoms with van der Waals surface area (Å²) in [5.41, 5.74) is 1.39. The van der Waals surface area contributed by atoms with Gasteiger partial charge in [0.25, 0.3) is 0 Å². The molecule has 1 heterocycles. The zero-order chi connectivity index (χ0) is 15.1. The van der Waals surface area contributed by atoms with E-state index >= 15 is 0 Å². The number of ether oxygens (including phenoxy) is 1. The first-order valence-corrected chi connectivity index (χ1v) is 8.42. The van der Waals surface area contributed by atoms with Crippen molar-refractivity contribution in [3.8, 4) is 5.75 Å². The third-order valence-corrected chi connectivity index (χ3v) is 4.55. The van der Waals surface area contributed by atoms with E-state index in [9.17, 15) is 0 Å². The topological polar surface area (TPSA) is 24.5 Å². The van der Waals surface area contributed by atoms with E-state index in [-0.39, 0.29) is 0 Å². The molecule has 1 unspecified atom stereocenters. The lowest BCUT2D eigenvalue weighted by Crippen LogP contribution is -2.38. The van der Waals surface area contributed by atoms with Gasteiger partial charge >= 0.3 is 0 Å².